The first-order chi connectivity index (χ1) is 14.5. The van der Waals surface area contributed by atoms with Crippen LogP contribution in [0.15, 0.2) is 62.6 Å². The summed E-state index contributed by atoms with van der Waals surface area (Å²) in [5, 5.41) is 13.9. The molecule has 0 aliphatic rings. The third kappa shape index (κ3) is 7.36. The number of carbonyl (C=O) groups excluding carboxylic acids is 2. The first-order valence-corrected chi connectivity index (χ1v) is 10.8. The lowest BCUT2D eigenvalue weighted by atomic mass is 10.3. The lowest BCUT2D eigenvalue weighted by Gasteiger charge is -2.06. The van der Waals surface area contributed by atoms with Crippen LogP contribution in [0.25, 0.3) is 0 Å². The molecule has 0 saturated carbocycles. The Kier molecular flexibility index (Phi) is 8.12. The SMILES string of the molecule is O=C(COc1ccc(Cl)cc1)NCc1nnc(SCC(=O)Nc2ccc(Br)cc2)o1. The predicted octanol–water partition coefficient (Wildman–Crippen LogP) is 3.91. The van der Waals surface area contributed by atoms with Crippen molar-refractivity contribution in [3.05, 3.63) is 63.9 Å². The number of nitrogens with zero attached hydrogens (tertiary/aromatic N) is 2. The number of benzene rings is 2. The third-order valence-corrected chi connectivity index (χ3v) is 5.12. The molecule has 0 fully saturated rings. The smallest absolute Gasteiger partial charge is 0.277 e. The standard InChI is InChI=1S/C19H16BrClN4O4S/c20-12-1-5-14(6-2-12)23-17(27)11-30-19-25-24-18(29-19)9-22-16(26)10-28-15-7-3-13(21)4-8-15/h1-8H,9-11H2,(H,22,26)(H,23,27). The Balaban J connectivity index is 1.37. The molecule has 1 heterocycles. The Hall–Kier alpha value is -2.56. The number of thioether (sulfide) groups is 1. The number of aromatic nitrogens is 2. The van der Waals surface area contributed by atoms with E-state index < -0.39 is 0 Å². The van der Waals surface area contributed by atoms with Gasteiger partial charge < -0.3 is 19.8 Å². The minimum absolute atomic E-state index is 0.0570. The maximum atomic E-state index is 12.0. The van der Waals surface area contributed by atoms with Crippen molar-refractivity contribution in [3.8, 4) is 5.75 Å². The Morgan fingerprint density at radius 3 is 2.53 bits per heavy atom. The van der Waals surface area contributed by atoms with Gasteiger partial charge in [-0.1, -0.05) is 39.3 Å². The van der Waals surface area contributed by atoms with Crippen LogP contribution < -0.4 is 15.4 Å². The molecule has 8 nitrogen and oxygen atoms in total. The molecule has 0 aliphatic carbocycles. The highest BCUT2D eigenvalue weighted by Crippen LogP contribution is 2.18. The molecule has 30 heavy (non-hydrogen) atoms. The molecule has 2 N–H and O–H groups in total. The van der Waals surface area contributed by atoms with Gasteiger partial charge in [-0.25, -0.2) is 0 Å². The summed E-state index contributed by atoms with van der Waals surface area (Å²) < 4.78 is 11.7. The summed E-state index contributed by atoms with van der Waals surface area (Å²) in [4.78, 5) is 23.8. The van der Waals surface area contributed by atoms with Crippen LogP contribution in [0.4, 0.5) is 5.69 Å². The number of nitrogens with one attached hydrogen (secondary N) is 2. The first kappa shape index (κ1) is 22.1. The maximum absolute atomic E-state index is 12.0. The molecule has 0 atom stereocenters. The van der Waals surface area contributed by atoms with Crippen LogP contribution in [-0.4, -0.2) is 34.4 Å². The van der Waals surface area contributed by atoms with Crippen LogP contribution in [-0.2, 0) is 16.1 Å². The lowest BCUT2D eigenvalue weighted by Crippen LogP contribution is -2.28. The van der Waals surface area contributed by atoms with Gasteiger partial charge >= 0.3 is 0 Å². The van der Waals surface area contributed by atoms with E-state index >= 15 is 0 Å². The van der Waals surface area contributed by atoms with Crippen LogP contribution in [0.5, 0.6) is 5.75 Å². The van der Waals surface area contributed by atoms with Gasteiger partial charge in [-0.15, -0.1) is 10.2 Å². The molecule has 2 aromatic carbocycles. The zero-order valence-electron chi connectivity index (χ0n) is 15.4. The molecule has 1 aromatic heterocycles. The largest absolute Gasteiger partial charge is 0.484 e. The zero-order valence-corrected chi connectivity index (χ0v) is 18.6. The molecule has 0 spiro atoms. The molecule has 0 bridgehead atoms. The second-order valence-electron chi connectivity index (χ2n) is 5.82. The van der Waals surface area contributed by atoms with Crippen molar-refractivity contribution >= 4 is 56.8 Å². The van der Waals surface area contributed by atoms with Crippen molar-refractivity contribution < 1.29 is 18.7 Å². The summed E-state index contributed by atoms with van der Waals surface area (Å²) in [5.41, 5.74) is 0.693. The fraction of sp³-hybridized carbons (Fsp3) is 0.158. The number of carbonyl (C=O) groups is 2. The van der Waals surface area contributed by atoms with Gasteiger partial charge in [-0.05, 0) is 48.5 Å². The minimum Gasteiger partial charge on any atom is -0.484 e. The Morgan fingerprint density at radius 1 is 1.07 bits per heavy atom. The third-order valence-electron chi connectivity index (χ3n) is 3.52. The highest BCUT2D eigenvalue weighted by Gasteiger charge is 2.11. The summed E-state index contributed by atoms with van der Waals surface area (Å²) >= 11 is 10.2. The Morgan fingerprint density at radius 2 is 1.80 bits per heavy atom. The van der Waals surface area contributed by atoms with E-state index in [-0.39, 0.29) is 41.8 Å². The van der Waals surface area contributed by atoms with E-state index in [9.17, 15) is 9.59 Å². The van der Waals surface area contributed by atoms with Gasteiger partial charge in [0.2, 0.25) is 11.8 Å². The predicted molar refractivity (Wildman–Crippen MR) is 117 cm³/mol. The maximum Gasteiger partial charge on any atom is 0.277 e. The Labute approximate surface area is 189 Å². The molecule has 0 aliphatic heterocycles. The van der Waals surface area contributed by atoms with Gasteiger partial charge in [0.25, 0.3) is 11.1 Å². The number of hydrogen-bond donors (Lipinski definition) is 2. The molecular formula is C19H16BrClN4O4S. The van der Waals surface area contributed by atoms with Gasteiger partial charge in [0, 0.05) is 15.2 Å². The molecule has 3 aromatic rings. The molecule has 11 heteroatoms. The summed E-state index contributed by atoms with van der Waals surface area (Å²) in [6, 6.07) is 13.9. The van der Waals surface area contributed by atoms with Gasteiger partial charge in [0.15, 0.2) is 6.61 Å². The van der Waals surface area contributed by atoms with Crippen molar-refractivity contribution in [3.63, 3.8) is 0 Å². The highest BCUT2D eigenvalue weighted by molar-refractivity contribution is 9.10. The second-order valence-corrected chi connectivity index (χ2v) is 8.10. The van der Waals surface area contributed by atoms with E-state index in [0.717, 1.165) is 16.2 Å². The first-order valence-electron chi connectivity index (χ1n) is 8.63. The minimum atomic E-state index is -0.341. The van der Waals surface area contributed by atoms with E-state index in [1.54, 1.807) is 36.4 Å². The van der Waals surface area contributed by atoms with Crippen LogP contribution in [0.1, 0.15) is 5.89 Å². The quantitative estimate of drug-likeness (QED) is 0.420. The van der Waals surface area contributed by atoms with E-state index in [1.165, 1.54) is 0 Å². The number of rotatable bonds is 9. The molecule has 0 saturated heterocycles. The number of ether oxygens (including phenoxy) is 1. The van der Waals surface area contributed by atoms with Crippen molar-refractivity contribution in [2.75, 3.05) is 17.7 Å². The number of halogens is 2. The van der Waals surface area contributed by atoms with E-state index in [0.29, 0.717) is 16.5 Å². The monoisotopic (exact) mass is 510 g/mol. The molecule has 0 radical (unpaired) electrons. The van der Waals surface area contributed by atoms with Gasteiger partial charge in [-0.3, -0.25) is 9.59 Å². The van der Waals surface area contributed by atoms with E-state index in [1.807, 2.05) is 12.1 Å². The van der Waals surface area contributed by atoms with Crippen molar-refractivity contribution in [2.45, 2.75) is 11.8 Å². The number of anilines is 1. The summed E-state index contributed by atoms with van der Waals surface area (Å²) in [5.74, 6) is 0.331. The number of hydrogen-bond acceptors (Lipinski definition) is 7. The van der Waals surface area contributed by atoms with E-state index in [2.05, 4.69) is 36.8 Å². The summed E-state index contributed by atoms with van der Waals surface area (Å²) in [7, 11) is 0. The normalized spacial score (nSPS) is 10.5. The van der Waals surface area contributed by atoms with Crippen LogP contribution >= 0.6 is 39.3 Å². The molecular weight excluding hydrogens is 496 g/mol. The average molecular weight is 512 g/mol. The number of amides is 2. The van der Waals surface area contributed by atoms with Gasteiger partial charge in [0.1, 0.15) is 5.75 Å². The Bertz CT molecular complexity index is 999. The summed E-state index contributed by atoms with van der Waals surface area (Å²) in [6.45, 7) is -0.102. The van der Waals surface area contributed by atoms with Crippen molar-refractivity contribution in [1.82, 2.24) is 15.5 Å². The fourth-order valence-corrected chi connectivity index (χ4v) is 3.10. The zero-order chi connectivity index (χ0) is 21.3. The molecule has 2 amide bonds. The lowest BCUT2D eigenvalue weighted by molar-refractivity contribution is -0.123. The molecule has 3 rings (SSSR count). The van der Waals surface area contributed by atoms with Crippen LogP contribution in [0.3, 0.4) is 0 Å². The fourth-order valence-electron chi connectivity index (χ4n) is 2.13. The van der Waals surface area contributed by atoms with Gasteiger partial charge in [-0.2, -0.15) is 0 Å². The topological polar surface area (TPSA) is 106 Å². The molecule has 156 valence electrons. The van der Waals surface area contributed by atoms with Crippen LogP contribution in [0.2, 0.25) is 5.02 Å². The average Bonchev–Trinajstić information content (AvgIpc) is 3.20. The van der Waals surface area contributed by atoms with Crippen LogP contribution in [0, 0.1) is 0 Å². The second kappa shape index (κ2) is 11.0. The highest BCUT2D eigenvalue weighted by atomic mass is 79.9. The van der Waals surface area contributed by atoms with Crippen molar-refractivity contribution in [1.29, 1.82) is 0 Å². The van der Waals surface area contributed by atoms with Gasteiger partial charge in [0.05, 0.1) is 12.3 Å². The molecule has 0 unspecified atom stereocenters. The van der Waals surface area contributed by atoms with Crippen molar-refractivity contribution in [2.24, 2.45) is 0 Å². The summed E-state index contributed by atoms with van der Waals surface area (Å²) in [6.07, 6.45) is 0. The van der Waals surface area contributed by atoms with E-state index in [4.69, 9.17) is 20.8 Å².